The first-order chi connectivity index (χ1) is 14.9. The van der Waals surface area contributed by atoms with Crippen LogP contribution < -0.4 is 5.56 Å². The second-order valence-electron chi connectivity index (χ2n) is 7.02. The van der Waals surface area contributed by atoms with E-state index in [4.69, 9.17) is 16.3 Å². The molecule has 0 aliphatic carbocycles. The molecule has 0 amide bonds. The molecule has 0 atom stereocenters. The quantitative estimate of drug-likeness (QED) is 0.324. The zero-order valence-electron chi connectivity index (χ0n) is 16.9. The number of ether oxygens (including phenoxy) is 1. The van der Waals surface area contributed by atoms with Crippen LogP contribution in [0, 0.1) is 13.8 Å². The highest BCUT2D eigenvalue weighted by Gasteiger charge is 2.12. The lowest BCUT2D eigenvalue weighted by Crippen LogP contribution is -2.14. The maximum absolute atomic E-state index is 12.2. The standard InChI is InChI=1S/C22H19ClN4O3S/c1-14-3-5-16(6-4-14)12-27-21(23)18(15(2)25-27)7-8-20(29)30-13-17-11-19(28)26-9-10-31-22(26)24-17/h3-11H,12-13H2,1-2H3/b8-7+. The summed E-state index contributed by atoms with van der Waals surface area (Å²) in [6.45, 7) is 4.30. The Hall–Kier alpha value is -3.23. The summed E-state index contributed by atoms with van der Waals surface area (Å²) in [7, 11) is 0. The Bertz CT molecular complexity index is 1340. The minimum atomic E-state index is -0.560. The molecule has 1 aromatic carbocycles. The molecule has 3 heterocycles. The number of aromatic nitrogens is 4. The van der Waals surface area contributed by atoms with Crippen molar-refractivity contribution in [2.24, 2.45) is 0 Å². The molecule has 4 rings (SSSR count). The summed E-state index contributed by atoms with van der Waals surface area (Å²) >= 11 is 7.82. The van der Waals surface area contributed by atoms with Gasteiger partial charge in [0.1, 0.15) is 11.8 Å². The number of hydrogen-bond acceptors (Lipinski definition) is 6. The molecule has 0 saturated heterocycles. The number of carbonyl (C=O) groups is 1. The van der Waals surface area contributed by atoms with Crippen LogP contribution in [0.1, 0.15) is 28.1 Å². The lowest BCUT2D eigenvalue weighted by atomic mass is 10.1. The third-order valence-corrected chi connectivity index (χ3v) is 5.82. The first-order valence-corrected chi connectivity index (χ1v) is 10.8. The monoisotopic (exact) mass is 454 g/mol. The number of halogens is 1. The number of benzene rings is 1. The van der Waals surface area contributed by atoms with Gasteiger partial charge in [-0.3, -0.25) is 9.20 Å². The van der Waals surface area contributed by atoms with Gasteiger partial charge in [0.2, 0.25) is 0 Å². The van der Waals surface area contributed by atoms with Gasteiger partial charge in [-0.2, -0.15) is 5.10 Å². The first kappa shape index (κ1) is 21.0. The molecular weight excluding hydrogens is 436 g/mol. The molecule has 0 spiro atoms. The van der Waals surface area contributed by atoms with E-state index in [-0.39, 0.29) is 12.2 Å². The average Bonchev–Trinajstić information content (AvgIpc) is 3.32. The van der Waals surface area contributed by atoms with Crippen molar-refractivity contribution >= 4 is 39.9 Å². The van der Waals surface area contributed by atoms with Gasteiger partial charge in [0.05, 0.1) is 17.9 Å². The Labute approximate surface area is 187 Å². The van der Waals surface area contributed by atoms with Crippen LogP contribution in [0.15, 0.2) is 52.8 Å². The molecule has 0 fully saturated rings. The zero-order valence-corrected chi connectivity index (χ0v) is 18.5. The molecule has 31 heavy (non-hydrogen) atoms. The summed E-state index contributed by atoms with van der Waals surface area (Å²) in [6.07, 6.45) is 4.53. The molecule has 0 aliphatic rings. The van der Waals surface area contributed by atoms with E-state index in [1.165, 1.54) is 33.4 Å². The second kappa shape index (κ2) is 8.87. The summed E-state index contributed by atoms with van der Waals surface area (Å²) in [5.41, 5.74) is 3.81. The third-order valence-electron chi connectivity index (χ3n) is 4.67. The molecule has 3 aromatic heterocycles. The van der Waals surface area contributed by atoms with Crippen molar-refractivity contribution in [2.75, 3.05) is 0 Å². The fraction of sp³-hybridized carbons (Fsp3) is 0.182. The minimum Gasteiger partial charge on any atom is -0.456 e. The second-order valence-corrected chi connectivity index (χ2v) is 8.25. The van der Waals surface area contributed by atoms with Gasteiger partial charge in [-0.25, -0.2) is 14.5 Å². The van der Waals surface area contributed by atoms with Crippen molar-refractivity contribution in [2.45, 2.75) is 27.0 Å². The third kappa shape index (κ3) is 4.76. The molecule has 4 aromatic rings. The largest absolute Gasteiger partial charge is 0.456 e. The first-order valence-electron chi connectivity index (χ1n) is 9.50. The van der Waals surface area contributed by atoms with Gasteiger partial charge < -0.3 is 4.74 Å². The highest BCUT2D eigenvalue weighted by atomic mass is 35.5. The number of hydrogen-bond donors (Lipinski definition) is 0. The molecule has 0 saturated carbocycles. The summed E-state index contributed by atoms with van der Waals surface area (Å²) in [6, 6.07) is 9.49. The SMILES string of the molecule is Cc1ccc(Cn2nc(C)c(/C=C/C(=O)OCc3cc(=O)n4ccsc4n3)c2Cl)cc1. The molecule has 7 nitrogen and oxygen atoms in total. The van der Waals surface area contributed by atoms with Crippen molar-refractivity contribution < 1.29 is 9.53 Å². The van der Waals surface area contributed by atoms with Crippen molar-refractivity contribution in [1.82, 2.24) is 19.2 Å². The number of thiazole rings is 1. The molecule has 0 aliphatic heterocycles. The van der Waals surface area contributed by atoms with Crippen LogP contribution in [0.25, 0.3) is 11.0 Å². The normalized spacial score (nSPS) is 11.5. The summed E-state index contributed by atoms with van der Waals surface area (Å²) < 4.78 is 8.36. The van der Waals surface area contributed by atoms with Gasteiger partial charge in [0.15, 0.2) is 4.96 Å². The smallest absolute Gasteiger partial charge is 0.331 e. The number of esters is 1. The van der Waals surface area contributed by atoms with E-state index in [9.17, 15) is 9.59 Å². The Morgan fingerprint density at radius 3 is 2.81 bits per heavy atom. The highest BCUT2D eigenvalue weighted by Crippen LogP contribution is 2.22. The van der Waals surface area contributed by atoms with Crippen LogP contribution in [-0.4, -0.2) is 25.1 Å². The molecule has 9 heteroatoms. The lowest BCUT2D eigenvalue weighted by molar-refractivity contribution is -0.139. The minimum absolute atomic E-state index is 0.0911. The van der Waals surface area contributed by atoms with Crippen LogP contribution in [-0.2, 0) is 22.7 Å². The number of fused-ring (bicyclic) bond motifs is 1. The number of rotatable bonds is 6. The maximum atomic E-state index is 12.2. The van der Waals surface area contributed by atoms with Gasteiger partial charge >= 0.3 is 5.97 Å². The molecule has 0 N–H and O–H groups in total. The molecule has 0 radical (unpaired) electrons. The van der Waals surface area contributed by atoms with Gasteiger partial charge in [-0.05, 0) is 25.5 Å². The van der Waals surface area contributed by atoms with E-state index in [0.717, 1.165) is 5.56 Å². The number of aryl methyl sites for hydroxylation is 2. The summed E-state index contributed by atoms with van der Waals surface area (Å²) in [5.74, 6) is -0.560. The molecule has 0 bridgehead atoms. The van der Waals surface area contributed by atoms with Gasteiger partial charge in [-0.15, -0.1) is 11.3 Å². The van der Waals surface area contributed by atoms with Crippen molar-refractivity contribution in [3.8, 4) is 0 Å². The predicted octanol–water partition coefficient (Wildman–Crippen LogP) is 4.03. The van der Waals surface area contributed by atoms with Crippen LogP contribution >= 0.6 is 22.9 Å². The van der Waals surface area contributed by atoms with Gasteiger partial charge in [0.25, 0.3) is 5.56 Å². The highest BCUT2D eigenvalue weighted by molar-refractivity contribution is 7.15. The van der Waals surface area contributed by atoms with E-state index < -0.39 is 5.97 Å². The van der Waals surface area contributed by atoms with Crippen molar-refractivity contribution in [1.29, 1.82) is 0 Å². The molecule has 158 valence electrons. The number of carbonyl (C=O) groups excluding carboxylic acids is 1. The average molecular weight is 455 g/mol. The van der Waals surface area contributed by atoms with E-state index in [0.29, 0.717) is 33.6 Å². The topological polar surface area (TPSA) is 78.5 Å². The summed E-state index contributed by atoms with van der Waals surface area (Å²) in [4.78, 5) is 29.0. The Morgan fingerprint density at radius 1 is 1.26 bits per heavy atom. The fourth-order valence-electron chi connectivity index (χ4n) is 3.03. The van der Waals surface area contributed by atoms with Crippen LogP contribution in [0.3, 0.4) is 0 Å². The zero-order chi connectivity index (χ0) is 22.0. The maximum Gasteiger partial charge on any atom is 0.331 e. The van der Waals surface area contributed by atoms with E-state index in [1.54, 1.807) is 22.3 Å². The Kier molecular flexibility index (Phi) is 6.01. The van der Waals surface area contributed by atoms with Crippen LogP contribution in [0.5, 0.6) is 0 Å². The van der Waals surface area contributed by atoms with Crippen molar-refractivity contribution in [3.63, 3.8) is 0 Å². The Balaban J connectivity index is 1.42. The van der Waals surface area contributed by atoms with E-state index in [1.807, 2.05) is 38.1 Å². The lowest BCUT2D eigenvalue weighted by Gasteiger charge is -2.04. The van der Waals surface area contributed by atoms with Gasteiger partial charge in [0, 0.05) is 29.3 Å². The molecular formula is C22H19ClN4O3S. The van der Waals surface area contributed by atoms with E-state index >= 15 is 0 Å². The Morgan fingerprint density at radius 2 is 2.03 bits per heavy atom. The molecule has 0 unspecified atom stereocenters. The fourth-order valence-corrected chi connectivity index (χ4v) is 4.07. The van der Waals surface area contributed by atoms with Crippen LogP contribution in [0.2, 0.25) is 5.15 Å². The van der Waals surface area contributed by atoms with Gasteiger partial charge in [-0.1, -0.05) is 41.4 Å². The van der Waals surface area contributed by atoms with Crippen LogP contribution in [0.4, 0.5) is 0 Å². The predicted molar refractivity (Wildman–Crippen MR) is 120 cm³/mol. The van der Waals surface area contributed by atoms with Crippen molar-refractivity contribution in [3.05, 3.63) is 91.6 Å². The van der Waals surface area contributed by atoms with E-state index in [2.05, 4.69) is 10.1 Å². The number of nitrogens with zero attached hydrogens (tertiary/aromatic N) is 4. The summed E-state index contributed by atoms with van der Waals surface area (Å²) in [5, 5.41) is 6.68.